The number of nitrogens with zero attached hydrogens (tertiary/aromatic N) is 2. The van der Waals surface area contributed by atoms with Crippen LogP contribution in [-0.2, 0) is 0 Å². The van der Waals surface area contributed by atoms with Gasteiger partial charge in [-0.3, -0.25) is 0 Å². The molecular weight excluding hydrogens is 376 g/mol. The number of benzene rings is 3. The fourth-order valence-corrected chi connectivity index (χ4v) is 4.48. The molecule has 30 heavy (non-hydrogen) atoms. The van der Waals surface area contributed by atoms with E-state index in [0.29, 0.717) is 13.2 Å². The molecule has 3 aliphatic rings. The minimum absolute atomic E-state index is 0.142. The quantitative estimate of drug-likeness (QED) is 0.609. The Morgan fingerprint density at radius 1 is 0.867 bits per heavy atom. The van der Waals surface area contributed by atoms with Gasteiger partial charge in [0.15, 0.2) is 11.5 Å². The lowest BCUT2D eigenvalue weighted by Gasteiger charge is -2.38. The Bertz CT molecular complexity index is 1160. The second-order valence-electron chi connectivity index (χ2n) is 7.93. The molecule has 0 aliphatic carbocycles. The number of hydrogen-bond donors (Lipinski definition) is 0. The topological polar surface area (TPSA) is 43.3 Å². The van der Waals surface area contributed by atoms with Crippen molar-refractivity contribution in [3.63, 3.8) is 0 Å². The molecule has 150 valence electrons. The van der Waals surface area contributed by atoms with E-state index in [9.17, 15) is 0 Å². The molecule has 0 fully saturated rings. The molecule has 0 radical (unpaired) electrons. The molecule has 0 bridgehead atoms. The first-order chi connectivity index (χ1) is 14.8. The third kappa shape index (κ3) is 2.81. The number of para-hydroxylation sites is 1. The lowest BCUT2D eigenvalue weighted by Crippen LogP contribution is -2.33. The fraction of sp³-hybridized carbons (Fsp3) is 0.240. The molecular formula is C25H22N2O3. The molecule has 0 saturated carbocycles. The highest BCUT2D eigenvalue weighted by Gasteiger charge is 2.41. The van der Waals surface area contributed by atoms with Crippen LogP contribution in [0.15, 0.2) is 71.8 Å². The van der Waals surface area contributed by atoms with Crippen molar-refractivity contribution < 1.29 is 14.2 Å². The molecule has 3 aromatic carbocycles. The molecule has 2 unspecified atom stereocenters. The van der Waals surface area contributed by atoms with E-state index in [1.807, 2.05) is 18.2 Å². The van der Waals surface area contributed by atoms with Gasteiger partial charge in [0.2, 0.25) is 6.23 Å². The summed E-state index contributed by atoms with van der Waals surface area (Å²) >= 11 is 0. The lowest BCUT2D eigenvalue weighted by molar-refractivity contribution is -0.0190. The van der Waals surface area contributed by atoms with Crippen molar-refractivity contribution in [3.05, 3.63) is 89.0 Å². The van der Waals surface area contributed by atoms with Gasteiger partial charge in [0.05, 0.1) is 11.8 Å². The molecule has 0 saturated heterocycles. The SMILES string of the molecule is Cc1cccc(C2Oc3ccccc3C3CC(c4ccc5c(c4)OCCO5)=NN32)c1. The van der Waals surface area contributed by atoms with Crippen LogP contribution in [0.2, 0.25) is 0 Å². The van der Waals surface area contributed by atoms with Crippen molar-refractivity contribution in [2.24, 2.45) is 5.10 Å². The fourth-order valence-electron chi connectivity index (χ4n) is 4.48. The summed E-state index contributed by atoms with van der Waals surface area (Å²) in [6.07, 6.45) is 0.571. The molecule has 0 aromatic heterocycles. The van der Waals surface area contributed by atoms with Crippen molar-refractivity contribution in [2.45, 2.75) is 25.6 Å². The number of ether oxygens (including phenoxy) is 3. The van der Waals surface area contributed by atoms with Crippen molar-refractivity contribution >= 4 is 5.71 Å². The molecule has 5 nitrogen and oxygen atoms in total. The number of rotatable bonds is 2. The Hall–Kier alpha value is -3.47. The smallest absolute Gasteiger partial charge is 0.213 e. The predicted octanol–water partition coefficient (Wildman–Crippen LogP) is 5.01. The van der Waals surface area contributed by atoms with Crippen LogP contribution in [0, 0.1) is 6.92 Å². The summed E-state index contributed by atoms with van der Waals surface area (Å²) in [5.74, 6) is 2.52. The summed E-state index contributed by atoms with van der Waals surface area (Å²) < 4.78 is 17.9. The van der Waals surface area contributed by atoms with Crippen LogP contribution in [0.25, 0.3) is 0 Å². The highest BCUT2D eigenvalue weighted by atomic mass is 16.6. The molecule has 5 heteroatoms. The lowest BCUT2D eigenvalue weighted by atomic mass is 9.95. The van der Waals surface area contributed by atoms with Gasteiger partial charge in [-0.1, -0.05) is 48.0 Å². The molecule has 3 heterocycles. The molecule has 3 aliphatic heterocycles. The Balaban J connectivity index is 1.42. The van der Waals surface area contributed by atoms with Crippen molar-refractivity contribution in [1.29, 1.82) is 0 Å². The maximum absolute atomic E-state index is 6.44. The van der Waals surface area contributed by atoms with E-state index in [4.69, 9.17) is 19.3 Å². The van der Waals surface area contributed by atoms with E-state index in [2.05, 4.69) is 60.5 Å². The Morgan fingerprint density at radius 3 is 2.63 bits per heavy atom. The number of hydrogen-bond acceptors (Lipinski definition) is 5. The second-order valence-corrected chi connectivity index (χ2v) is 7.93. The van der Waals surface area contributed by atoms with E-state index in [-0.39, 0.29) is 12.3 Å². The van der Waals surface area contributed by atoms with Crippen LogP contribution >= 0.6 is 0 Å². The van der Waals surface area contributed by atoms with E-state index < -0.39 is 0 Å². The van der Waals surface area contributed by atoms with Gasteiger partial charge >= 0.3 is 0 Å². The van der Waals surface area contributed by atoms with E-state index >= 15 is 0 Å². The Kier molecular flexibility index (Phi) is 3.94. The van der Waals surface area contributed by atoms with Gasteiger partial charge in [0.1, 0.15) is 19.0 Å². The standard InChI is InChI=1S/C25H22N2O3/c1-16-5-4-6-18(13-16)25-27-21(19-7-2-3-8-22(19)30-25)15-20(26-27)17-9-10-23-24(14-17)29-12-11-28-23/h2-10,13-14,21,25H,11-12,15H2,1H3. The van der Waals surface area contributed by atoms with Crippen LogP contribution < -0.4 is 14.2 Å². The molecule has 0 N–H and O–H groups in total. The van der Waals surface area contributed by atoms with Gasteiger partial charge in [0, 0.05) is 23.1 Å². The molecule has 3 aromatic rings. The van der Waals surface area contributed by atoms with Gasteiger partial charge in [0.25, 0.3) is 0 Å². The highest BCUT2D eigenvalue weighted by molar-refractivity contribution is 6.02. The minimum Gasteiger partial charge on any atom is -0.486 e. The summed E-state index contributed by atoms with van der Waals surface area (Å²) in [5, 5.41) is 7.16. The normalized spacial score (nSPS) is 21.4. The molecule has 0 amide bonds. The zero-order chi connectivity index (χ0) is 20.1. The van der Waals surface area contributed by atoms with Gasteiger partial charge < -0.3 is 14.2 Å². The van der Waals surface area contributed by atoms with Gasteiger partial charge in [-0.25, -0.2) is 5.01 Å². The summed E-state index contributed by atoms with van der Waals surface area (Å²) in [6.45, 7) is 3.27. The largest absolute Gasteiger partial charge is 0.486 e. The van der Waals surface area contributed by atoms with Crippen molar-refractivity contribution in [2.75, 3.05) is 13.2 Å². The van der Waals surface area contributed by atoms with Crippen LogP contribution in [0.4, 0.5) is 0 Å². The first-order valence-corrected chi connectivity index (χ1v) is 10.3. The third-order valence-electron chi connectivity index (χ3n) is 5.90. The van der Waals surface area contributed by atoms with E-state index in [0.717, 1.165) is 40.5 Å². The van der Waals surface area contributed by atoms with Gasteiger partial charge in [-0.05, 0) is 31.2 Å². The summed E-state index contributed by atoms with van der Waals surface area (Å²) in [6, 6.07) is 23.0. The van der Waals surface area contributed by atoms with Crippen molar-refractivity contribution in [1.82, 2.24) is 5.01 Å². The highest BCUT2D eigenvalue weighted by Crippen LogP contribution is 2.47. The first-order valence-electron chi connectivity index (χ1n) is 10.3. The molecule has 6 rings (SSSR count). The van der Waals surface area contributed by atoms with Gasteiger partial charge in [-0.15, -0.1) is 0 Å². The predicted molar refractivity (Wildman–Crippen MR) is 114 cm³/mol. The number of fused-ring (bicyclic) bond motifs is 4. The zero-order valence-corrected chi connectivity index (χ0v) is 16.7. The third-order valence-corrected chi connectivity index (χ3v) is 5.90. The average molecular weight is 398 g/mol. The number of aryl methyl sites for hydroxylation is 1. The Labute approximate surface area is 175 Å². The van der Waals surface area contributed by atoms with Gasteiger partial charge in [-0.2, -0.15) is 5.10 Å². The van der Waals surface area contributed by atoms with Crippen LogP contribution in [0.5, 0.6) is 17.2 Å². The summed E-state index contributed by atoms with van der Waals surface area (Å²) in [5.41, 5.74) is 5.60. The zero-order valence-electron chi connectivity index (χ0n) is 16.7. The van der Waals surface area contributed by atoms with Crippen LogP contribution in [-0.4, -0.2) is 23.9 Å². The Morgan fingerprint density at radius 2 is 1.73 bits per heavy atom. The summed E-state index contributed by atoms with van der Waals surface area (Å²) in [4.78, 5) is 0. The van der Waals surface area contributed by atoms with Crippen LogP contribution in [0.3, 0.4) is 0 Å². The number of hydrazone groups is 1. The van der Waals surface area contributed by atoms with E-state index in [1.165, 1.54) is 11.1 Å². The van der Waals surface area contributed by atoms with Crippen molar-refractivity contribution in [3.8, 4) is 17.2 Å². The first kappa shape index (κ1) is 17.4. The van der Waals surface area contributed by atoms with Crippen LogP contribution in [0.1, 0.15) is 40.9 Å². The average Bonchev–Trinajstić information content (AvgIpc) is 3.24. The minimum atomic E-state index is -0.250. The van der Waals surface area contributed by atoms with E-state index in [1.54, 1.807) is 0 Å². The maximum atomic E-state index is 6.44. The maximum Gasteiger partial charge on any atom is 0.213 e. The molecule has 2 atom stereocenters. The monoisotopic (exact) mass is 398 g/mol. The molecule has 0 spiro atoms. The second kappa shape index (κ2) is 6.80. The summed E-state index contributed by atoms with van der Waals surface area (Å²) in [7, 11) is 0.